The van der Waals surface area contributed by atoms with Gasteiger partial charge in [0.1, 0.15) is 0 Å². The van der Waals surface area contributed by atoms with E-state index in [1.165, 1.54) is 0 Å². The molecule has 4 heteroatoms. The average Bonchev–Trinajstić information content (AvgIpc) is 1.38. The Labute approximate surface area is 36.9 Å². The van der Waals surface area contributed by atoms with Crippen LogP contribution in [0.3, 0.4) is 0 Å². The number of hydrogen-bond donors (Lipinski definition) is 0. The van der Waals surface area contributed by atoms with Crippen LogP contribution < -0.4 is 0 Å². The van der Waals surface area contributed by atoms with E-state index in [0.29, 0.717) is 0 Å². The second kappa shape index (κ2) is 2.64. The molecule has 0 saturated heterocycles. The minimum absolute atomic E-state index is 0.0525. The summed E-state index contributed by atoms with van der Waals surface area (Å²) in [6.45, 7) is 5.26. The predicted molar refractivity (Wildman–Crippen MR) is 33.6 cm³/mol. The molecule has 0 fully saturated rings. The summed E-state index contributed by atoms with van der Waals surface area (Å²) in [5, 5.41) is 0. The summed E-state index contributed by atoms with van der Waals surface area (Å²) in [5.41, 5.74) is 0. The van der Waals surface area contributed by atoms with Gasteiger partial charge < -0.3 is 0 Å². The van der Waals surface area contributed by atoms with E-state index in [-0.39, 0.29) is 9.56 Å². The Morgan fingerprint density at radius 1 is 2.00 bits per heavy atom. The van der Waals surface area contributed by atoms with Crippen LogP contribution in [-0.2, 0) is 0 Å². The Hall–Kier alpha value is 0.415. The van der Waals surface area contributed by atoms with Crippen LogP contribution in [0.15, 0.2) is 0 Å². The van der Waals surface area contributed by atoms with Gasteiger partial charge in [0.25, 0.3) is 0 Å². The first-order valence-electron chi connectivity index (χ1n) is 1.46. The fourth-order valence-electron chi connectivity index (χ4n) is 0. The molecule has 0 amide bonds. The Morgan fingerprint density at radius 3 is 2.20 bits per heavy atom. The Balaban J connectivity index is 3.82. The molecule has 0 bridgehead atoms. The number of hydrogen-bond acceptors (Lipinski definition) is 0. The summed E-state index contributed by atoms with van der Waals surface area (Å²) in [6.07, 6.45) is 1.97. The van der Waals surface area contributed by atoms with E-state index in [2.05, 4.69) is 0 Å². The van der Waals surface area contributed by atoms with Gasteiger partial charge in [-0.25, -0.2) is 0 Å². The maximum absolute atomic E-state index is 5.26. The van der Waals surface area contributed by atoms with Gasteiger partial charge in [0.05, 0.1) is 0 Å². The van der Waals surface area contributed by atoms with Crippen molar-refractivity contribution in [3.63, 3.8) is 0 Å². The van der Waals surface area contributed by atoms with Crippen LogP contribution in [0.4, 0.5) is 0 Å². The molecular weight excluding hydrogens is 76.5 g/mol. The second-order valence-electron chi connectivity index (χ2n) is 0.843. The molecule has 0 unspecified atom stereocenters. The van der Waals surface area contributed by atoms with Crippen molar-refractivity contribution < 1.29 is 0 Å². The van der Waals surface area contributed by atoms with Crippen molar-refractivity contribution in [2.45, 2.75) is 0 Å². The standard InChI is InChI=1S/CH5B3S/c1-5(3)4-2/h2H2,1H3. The molecule has 0 atom stereocenters. The fourth-order valence-corrected chi connectivity index (χ4v) is 0. The SMILES string of the molecule is B#S(C)=BB. The van der Waals surface area contributed by atoms with E-state index < -0.39 is 0 Å². The summed E-state index contributed by atoms with van der Waals surface area (Å²) < 4.78 is 0. The first-order chi connectivity index (χ1) is 2.27. The Kier molecular flexibility index (Phi) is 2.86. The summed E-state index contributed by atoms with van der Waals surface area (Å²) in [7, 11) is 2.01. The van der Waals surface area contributed by atoms with E-state index in [4.69, 9.17) is 6.53 Å². The predicted octanol–water partition coefficient (Wildman–Crippen LogP) is -0.864. The number of rotatable bonds is 0. The molecule has 0 aromatic rings. The van der Waals surface area contributed by atoms with Gasteiger partial charge >= 0.3 is 36.1 Å². The van der Waals surface area contributed by atoms with E-state index in [1.54, 1.807) is 0 Å². The molecule has 0 aliphatic rings. The van der Waals surface area contributed by atoms with E-state index in [9.17, 15) is 0 Å². The molecule has 0 aromatic carbocycles. The molecule has 0 spiro atoms. The van der Waals surface area contributed by atoms with Gasteiger partial charge in [-0.3, -0.25) is 0 Å². The zero-order valence-electron chi connectivity index (χ0n) is 3.56. The summed E-state index contributed by atoms with van der Waals surface area (Å²) in [5.74, 6) is 0. The normalized spacial score (nSPS) is 10.6. The van der Waals surface area contributed by atoms with Crippen LogP contribution in [0.25, 0.3) is 0 Å². The Morgan fingerprint density at radius 2 is 2.20 bits per heavy atom. The van der Waals surface area contributed by atoms with Crippen LogP contribution in [0, 0.1) is 0 Å². The third kappa shape index (κ3) is 4.41. The average molecular weight is 81.6 g/mol. The Bertz CT molecular complexity index is 117. The third-order valence-corrected chi connectivity index (χ3v) is 1.12. The van der Waals surface area contributed by atoms with Gasteiger partial charge in [0.15, 0.2) is 0 Å². The molecule has 0 nitrogen and oxygen atoms in total. The van der Waals surface area contributed by atoms with Gasteiger partial charge in [0.2, 0.25) is 0 Å². The zero-order chi connectivity index (χ0) is 4.28. The first kappa shape index (κ1) is 5.41. The third-order valence-electron chi connectivity index (χ3n) is 0.372. The molecule has 0 heterocycles. The van der Waals surface area contributed by atoms with Crippen molar-refractivity contribution in [2.24, 2.45) is 0 Å². The molecule has 0 saturated carbocycles. The monoisotopic (exact) mass is 82.0 g/mol. The van der Waals surface area contributed by atoms with Crippen molar-refractivity contribution in [1.82, 2.24) is 0 Å². The molecule has 0 radical (unpaired) electrons. The van der Waals surface area contributed by atoms with Crippen LogP contribution in [0.2, 0.25) is 0 Å². The second-order valence-corrected chi connectivity index (χ2v) is 2.53. The topological polar surface area (TPSA) is 0 Å². The van der Waals surface area contributed by atoms with Crippen molar-refractivity contribution in [1.29, 1.82) is 0 Å². The molecule has 24 valence electrons. The van der Waals surface area contributed by atoms with E-state index >= 15 is 0 Å². The van der Waals surface area contributed by atoms with Crippen LogP contribution >= 0.6 is 9.56 Å². The summed E-state index contributed by atoms with van der Waals surface area (Å²) in [6, 6.07) is 1.97. The van der Waals surface area contributed by atoms with Crippen molar-refractivity contribution in [3.8, 4) is 0 Å². The van der Waals surface area contributed by atoms with Crippen molar-refractivity contribution in [3.05, 3.63) is 0 Å². The van der Waals surface area contributed by atoms with Gasteiger partial charge in [-0.15, -0.1) is 0 Å². The molecule has 0 rings (SSSR count). The van der Waals surface area contributed by atoms with Crippen molar-refractivity contribution >= 4 is 29.9 Å². The van der Waals surface area contributed by atoms with Gasteiger partial charge in [0, 0.05) is 0 Å². The molecular formula is CH5B3S. The van der Waals surface area contributed by atoms with Crippen LogP contribution in [0.1, 0.15) is 0 Å². The summed E-state index contributed by atoms with van der Waals surface area (Å²) >= 11 is 0. The van der Waals surface area contributed by atoms with Gasteiger partial charge in [-0.05, 0) is 0 Å². The quantitative estimate of drug-likeness (QED) is 0.333. The van der Waals surface area contributed by atoms with Crippen LogP contribution in [0.5, 0.6) is 0 Å². The van der Waals surface area contributed by atoms with E-state index in [0.717, 1.165) is 0 Å². The minimum atomic E-state index is 0.0525. The first-order valence-corrected chi connectivity index (χ1v) is 3.22. The van der Waals surface area contributed by atoms with E-state index in [1.807, 2.05) is 20.0 Å². The molecule has 0 aromatic heterocycles. The molecule has 0 N–H and O–H groups in total. The maximum atomic E-state index is 5.26. The van der Waals surface area contributed by atoms with Gasteiger partial charge in [-0.2, -0.15) is 0 Å². The van der Waals surface area contributed by atoms with Crippen LogP contribution in [-0.4, -0.2) is 26.6 Å². The van der Waals surface area contributed by atoms with Crippen molar-refractivity contribution in [2.75, 3.05) is 6.26 Å². The molecule has 0 aliphatic carbocycles. The molecule has 5 heavy (non-hydrogen) atoms. The summed E-state index contributed by atoms with van der Waals surface area (Å²) in [4.78, 5) is 0. The van der Waals surface area contributed by atoms with Gasteiger partial charge in [-0.1, -0.05) is 0 Å². The fraction of sp³-hybridized carbons (Fsp3) is 1.00. The molecule has 0 aliphatic heterocycles. The zero-order valence-corrected chi connectivity index (χ0v) is 4.38.